The summed E-state index contributed by atoms with van der Waals surface area (Å²) in [6.07, 6.45) is 6.99. The summed E-state index contributed by atoms with van der Waals surface area (Å²) in [6.45, 7) is 1.28. The molecule has 1 aliphatic heterocycles. The molecule has 2 aliphatic carbocycles. The Balaban J connectivity index is 1.34. The summed E-state index contributed by atoms with van der Waals surface area (Å²) in [5, 5.41) is 16.3. The molecule has 0 saturated heterocycles. The van der Waals surface area contributed by atoms with Gasteiger partial charge in [0.1, 0.15) is 5.75 Å². The van der Waals surface area contributed by atoms with Crippen molar-refractivity contribution < 1.29 is 19.5 Å². The predicted molar refractivity (Wildman–Crippen MR) is 141 cm³/mol. The molecule has 3 aliphatic rings. The summed E-state index contributed by atoms with van der Waals surface area (Å²) in [4.78, 5) is 40.8. The van der Waals surface area contributed by atoms with Crippen LogP contribution in [0.5, 0.6) is 5.75 Å². The van der Waals surface area contributed by atoms with Gasteiger partial charge in [0.2, 0.25) is 11.8 Å². The van der Waals surface area contributed by atoms with E-state index in [-0.39, 0.29) is 53.8 Å². The third-order valence-corrected chi connectivity index (χ3v) is 7.82. The fourth-order valence-corrected chi connectivity index (χ4v) is 5.79. The lowest BCUT2D eigenvalue weighted by molar-refractivity contribution is -0.140. The summed E-state index contributed by atoms with van der Waals surface area (Å²) in [7, 11) is 0. The summed E-state index contributed by atoms with van der Waals surface area (Å²) >= 11 is 0. The molecule has 194 valence electrons. The molecule has 0 radical (unpaired) electrons. The minimum absolute atomic E-state index is 0.0130. The van der Waals surface area contributed by atoms with Gasteiger partial charge in [-0.25, -0.2) is 0 Å². The van der Waals surface area contributed by atoms with Crippen molar-refractivity contribution in [3.05, 3.63) is 65.7 Å². The van der Waals surface area contributed by atoms with Crippen molar-refractivity contribution in [1.82, 2.24) is 15.5 Å². The van der Waals surface area contributed by atoms with Crippen molar-refractivity contribution in [3.8, 4) is 16.9 Å². The zero-order chi connectivity index (χ0) is 25.9. The molecule has 1 fully saturated rings. The molecule has 2 aromatic carbocycles. The summed E-state index contributed by atoms with van der Waals surface area (Å²) in [5.41, 5.74) is 9.24. The number of nitrogens with zero attached hydrogens (tertiary/aromatic N) is 1. The number of carbonyl (C=O) groups excluding carboxylic acids is 3. The maximum Gasteiger partial charge on any atom is 0.251 e. The molecule has 8 heteroatoms. The van der Waals surface area contributed by atoms with Gasteiger partial charge in [0.15, 0.2) is 0 Å². The van der Waals surface area contributed by atoms with Gasteiger partial charge in [-0.2, -0.15) is 0 Å². The highest BCUT2D eigenvalue weighted by Crippen LogP contribution is 2.43. The Bertz CT molecular complexity index is 1230. The lowest BCUT2D eigenvalue weighted by atomic mass is 9.88. The number of hydrogen-bond donors (Lipinski definition) is 4. The molecular weight excluding hydrogens is 468 g/mol. The van der Waals surface area contributed by atoms with Gasteiger partial charge in [-0.05, 0) is 72.9 Å². The minimum Gasteiger partial charge on any atom is -0.507 e. The van der Waals surface area contributed by atoms with Crippen molar-refractivity contribution in [3.63, 3.8) is 0 Å². The van der Waals surface area contributed by atoms with E-state index >= 15 is 0 Å². The number of hydrogen-bond acceptors (Lipinski definition) is 5. The van der Waals surface area contributed by atoms with Gasteiger partial charge in [-0.15, -0.1) is 0 Å². The fraction of sp³-hybridized carbons (Fsp3) is 0.414. The number of phenolic OH excluding ortho intramolecular Hbond substituents is 1. The van der Waals surface area contributed by atoms with Crippen LogP contribution in [-0.4, -0.2) is 59.9 Å². The average Bonchev–Trinajstić information content (AvgIpc) is 3.49. The van der Waals surface area contributed by atoms with Gasteiger partial charge < -0.3 is 26.4 Å². The molecule has 0 aromatic heterocycles. The normalized spacial score (nSPS) is 26.2. The zero-order valence-corrected chi connectivity index (χ0v) is 20.9. The highest BCUT2D eigenvalue weighted by molar-refractivity contribution is 5.95. The second-order valence-corrected chi connectivity index (χ2v) is 10.3. The van der Waals surface area contributed by atoms with Gasteiger partial charge >= 0.3 is 0 Å². The third-order valence-electron chi connectivity index (χ3n) is 7.82. The van der Waals surface area contributed by atoms with Crippen molar-refractivity contribution in [1.29, 1.82) is 0 Å². The highest BCUT2D eigenvalue weighted by atomic mass is 16.3. The summed E-state index contributed by atoms with van der Waals surface area (Å²) < 4.78 is 0. The number of aromatic hydroxyl groups is 1. The van der Waals surface area contributed by atoms with Crippen LogP contribution >= 0.6 is 0 Å². The molecule has 5 N–H and O–H groups in total. The van der Waals surface area contributed by atoms with Gasteiger partial charge in [-0.1, -0.05) is 30.4 Å². The van der Waals surface area contributed by atoms with Crippen LogP contribution in [0, 0.1) is 17.8 Å². The van der Waals surface area contributed by atoms with Crippen LogP contribution in [0.25, 0.3) is 11.1 Å². The molecule has 8 nitrogen and oxygen atoms in total. The molecule has 3 amide bonds. The van der Waals surface area contributed by atoms with E-state index in [0.29, 0.717) is 50.0 Å². The van der Waals surface area contributed by atoms with Gasteiger partial charge in [0.05, 0.1) is 12.5 Å². The SMILES string of the molecule is N[C@@H]1[C@H](C(=O)N2CCCCNC(=O)c3cccc(c3)-c3cc(ccc3O)CCNC(=O)C2)[C@@H]2C=C[C@H]1C2. The Labute approximate surface area is 216 Å². The Morgan fingerprint density at radius 2 is 1.78 bits per heavy atom. The molecule has 1 heterocycles. The number of carbonyl (C=O) groups is 3. The number of nitrogens with one attached hydrogen (secondary N) is 2. The third kappa shape index (κ3) is 5.39. The van der Waals surface area contributed by atoms with Crippen LogP contribution in [0.2, 0.25) is 0 Å². The van der Waals surface area contributed by atoms with E-state index in [1.165, 1.54) is 0 Å². The van der Waals surface area contributed by atoms with Gasteiger partial charge in [0.25, 0.3) is 5.91 Å². The summed E-state index contributed by atoms with van der Waals surface area (Å²) in [5.74, 6) is -0.240. The number of benzene rings is 2. The van der Waals surface area contributed by atoms with Crippen molar-refractivity contribution in [2.45, 2.75) is 31.7 Å². The van der Waals surface area contributed by atoms with Crippen LogP contribution in [0.4, 0.5) is 0 Å². The maximum absolute atomic E-state index is 13.5. The number of nitrogens with two attached hydrogens (primary N) is 1. The Kier molecular flexibility index (Phi) is 7.28. The van der Waals surface area contributed by atoms with E-state index in [1.54, 1.807) is 29.2 Å². The molecule has 2 aromatic rings. The van der Waals surface area contributed by atoms with E-state index in [1.807, 2.05) is 18.2 Å². The first-order valence-electron chi connectivity index (χ1n) is 13.1. The van der Waals surface area contributed by atoms with E-state index in [9.17, 15) is 19.5 Å². The van der Waals surface area contributed by atoms with E-state index in [0.717, 1.165) is 17.5 Å². The highest BCUT2D eigenvalue weighted by Gasteiger charge is 2.47. The number of amides is 3. The second kappa shape index (κ2) is 10.8. The number of fused-ring (bicyclic) bond motifs is 7. The Morgan fingerprint density at radius 1 is 0.973 bits per heavy atom. The molecule has 0 spiro atoms. The Hall–Kier alpha value is -3.65. The van der Waals surface area contributed by atoms with Crippen molar-refractivity contribution in [2.24, 2.45) is 23.5 Å². The van der Waals surface area contributed by atoms with Gasteiger partial charge in [-0.3, -0.25) is 14.4 Å². The van der Waals surface area contributed by atoms with Crippen LogP contribution in [0.3, 0.4) is 0 Å². The number of rotatable bonds is 1. The van der Waals surface area contributed by atoms with E-state index in [4.69, 9.17) is 5.73 Å². The first-order valence-corrected chi connectivity index (χ1v) is 13.1. The average molecular weight is 503 g/mol. The first kappa shape index (κ1) is 25.0. The van der Waals surface area contributed by atoms with Crippen molar-refractivity contribution in [2.75, 3.05) is 26.2 Å². The maximum atomic E-state index is 13.5. The predicted octanol–water partition coefficient (Wildman–Crippen LogP) is 2.22. The largest absolute Gasteiger partial charge is 0.507 e. The smallest absolute Gasteiger partial charge is 0.251 e. The molecular formula is C29H34N4O4. The Morgan fingerprint density at radius 3 is 2.59 bits per heavy atom. The number of allylic oxidation sites excluding steroid dienone is 1. The summed E-state index contributed by atoms with van der Waals surface area (Å²) in [6, 6.07) is 12.3. The van der Waals surface area contributed by atoms with Gasteiger partial charge in [0, 0.05) is 36.8 Å². The lowest BCUT2D eigenvalue weighted by Gasteiger charge is -2.30. The second-order valence-electron chi connectivity index (χ2n) is 10.3. The quantitative estimate of drug-likeness (QED) is 0.445. The molecule has 0 unspecified atom stereocenters. The topological polar surface area (TPSA) is 125 Å². The van der Waals surface area contributed by atoms with Crippen LogP contribution in [-0.2, 0) is 16.0 Å². The van der Waals surface area contributed by atoms with Crippen molar-refractivity contribution >= 4 is 17.7 Å². The standard InChI is InChI=1S/C29H34N4O4/c30-27-21-8-7-20(16-21)26(27)29(37)33-13-2-1-11-32-28(36)22-5-3-4-19(15-22)23-14-18(6-9-24(23)34)10-12-31-25(35)17-33/h3-9,14-15,20-21,26-27,34H,1-2,10-13,16-17,30H2,(H,31,35)(H,32,36)/t20-,21+,26-,27+/m1/s1. The monoisotopic (exact) mass is 502 g/mol. The first-order chi connectivity index (χ1) is 17.9. The molecule has 6 bridgehead atoms. The van der Waals surface area contributed by atoms with E-state index in [2.05, 4.69) is 22.8 Å². The van der Waals surface area contributed by atoms with Crippen LogP contribution in [0.15, 0.2) is 54.6 Å². The zero-order valence-electron chi connectivity index (χ0n) is 20.9. The van der Waals surface area contributed by atoms with E-state index < -0.39 is 0 Å². The minimum atomic E-state index is -0.289. The molecule has 37 heavy (non-hydrogen) atoms. The lowest BCUT2D eigenvalue weighted by Crippen LogP contribution is -2.49. The van der Waals surface area contributed by atoms with Crippen LogP contribution in [0.1, 0.15) is 35.2 Å². The number of phenols is 1. The fourth-order valence-electron chi connectivity index (χ4n) is 5.79. The molecule has 5 rings (SSSR count). The molecule has 1 saturated carbocycles. The molecule has 4 atom stereocenters. The van der Waals surface area contributed by atoms with Crippen LogP contribution < -0.4 is 16.4 Å².